The summed E-state index contributed by atoms with van der Waals surface area (Å²) >= 11 is 0. The van der Waals surface area contributed by atoms with Crippen molar-refractivity contribution in [3.8, 4) is 11.5 Å². The molecule has 0 aromatic heterocycles. The first-order chi connectivity index (χ1) is 14.3. The second-order valence-electron chi connectivity index (χ2n) is 7.93. The first-order valence-electron chi connectivity index (χ1n) is 10.8. The summed E-state index contributed by atoms with van der Waals surface area (Å²) in [5, 5.41) is 0. The summed E-state index contributed by atoms with van der Waals surface area (Å²) in [4.78, 5) is 2.46. The van der Waals surface area contributed by atoms with Crippen LogP contribution in [0.3, 0.4) is 0 Å². The van der Waals surface area contributed by atoms with Crippen molar-refractivity contribution in [2.24, 2.45) is 0 Å². The van der Waals surface area contributed by atoms with Crippen LogP contribution in [-0.2, 0) is 12.8 Å². The van der Waals surface area contributed by atoms with Gasteiger partial charge >= 0.3 is 0 Å². The monoisotopic (exact) mass is 383 g/mol. The molecule has 0 atom stereocenters. The predicted octanol–water partition coefficient (Wildman–Crippen LogP) is 6.55. The van der Waals surface area contributed by atoms with Crippen LogP contribution in [-0.4, -0.2) is 13.1 Å². The molecule has 1 aliphatic rings. The summed E-state index contributed by atoms with van der Waals surface area (Å²) in [5.41, 5.74) is 5.14. The Kier molecular flexibility index (Phi) is 6.37. The molecule has 0 unspecified atom stereocenters. The highest BCUT2D eigenvalue weighted by Gasteiger charge is 2.11. The molecule has 148 valence electrons. The topological polar surface area (TPSA) is 12.5 Å². The lowest BCUT2D eigenvalue weighted by Gasteiger charge is -2.27. The highest BCUT2D eigenvalue weighted by atomic mass is 16.5. The van der Waals surface area contributed by atoms with Crippen molar-refractivity contribution in [1.82, 2.24) is 0 Å². The van der Waals surface area contributed by atoms with E-state index in [2.05, 4.69) is 54.3 Å². The van der Waals surface area contributed by atoms with Crippen LogP contribution in [0.5, 0.6) is 11.5 Å². The van der Waals surface area contributed by atoms with Crippen LogP contribution in [0, 0.1) is 19.1 Å². The quantitative estimate of drug-likeness (QED) is 0.458. The van der Waals surface area contributed by atoms with Gasteiger partial charge in [-0.1, -0.05) is 36.4 Å². The fourth-order valence-corrected chi connectivity index (χ4v) is 4.00. The van der Waals surface area contributed by atoms with E-state index in [0.29, 0.717) is 0 Å². The minimum absolute atomic E-state index is 0.880. The van der Waals surface area contributed by atoms with E-state index in [-0.39, 0.29) is 0 Å². The molecule has 1 heterocycles. The molecule has 0 bridgehead atoms. The zero-order chi connectivity index (χ0) is 19.9. The number of ether oxygens (including phenoxy) is 1. The normalized spacial score (nSPS) is 13.8. The number of aryl methyl sites for hydroxylation is 3. The van der Waals surface area contributed by atoms with Crippen molar-refractivity contribution in [3.63, 3.8) is 0 Å². The minimum atomic E-state index is 0.880. The molecular weight excluding hydrogens is 354 g/mol. The predicted molar refractivity (Wildman–Crippen MR) is 120 cm³/mol. The summed E-state index contributed by atoms with van der Waals surface area (Å²) in [6.45, 7) is 4.43. The van der Waals surface area contributed by atoms with Crippen LogP contribution in [0.25, 0.3) is 0 Å². The molecule has 0 radical (unpaired) electrons. The van der Waals surface area contributed by atoms with Crippen molar-refractivity contribution < 1.29 is 4.74 Å². The average molecular weight is 384 g/mol. The molecular formula is C27H29NO. The van der Waals surface area contributed by atoms with Crippen LogP contribution in [0.4, 0.5) is 5.69 Å². The molecule has 3 aromatic carbocycles. The Bertz CT molecular complexity index is 913. The van der Waals surface area contributed by atoms with Gasteiger partial charge in [-0.25, -0.2) is 0 Å². The number of rotatable bonds is 7. The summed E-state index contributed by atoms with van der Waals surface area (Å²) in [5.74, 6) is 1.81. The third kappa shape index (κ3) is 5.33. The van der Waals surface area contributed by atoms with E-state index in [0.717, 1.165) is 43.9 Å². The number of anilines is 1. The Morgan fingerprint density at radius 1 is 0.897 bits per heavy atom. The van der Waals surface area contributed by atoms with Crippen LogP contribution >= 0.6 is 0 Å². The molecule has 0 spiro atoms. The Morgan fingerprint density at radius 2 is 1.69 bits per heavy atom. The van der Waals surface area contributed by atoms with Gasteiger partial charge in [0.05, 0.1) is 5.69 Å². The highest BCUT2D eigenvalue weighted by molar-refractivity contribution is 5.45. The second-order valence-corrected chi connectivity index (χ2v) is 7.93. The fourth-order valence-electron chi connectivity index (χ4n) is 4.00. The number of piperidine rings is 1. The zero-order valence-corrected chi connectivity index (χ0v) is 17.3. The van der Waals surface area contributed by atoms with Gasteiger partial charge in [0.2, 0.25) is 0 Å². The maximum absolute atomic E-state index is 6.00. The number of hydrogen-bond donors (Lipinski definition) is 0. The largest absolute Gasteiger partial charge is 0.457 e. The van der Waals surface area contributed by atoms with Gasteiger partial charge in [0, 0.05) is 13.1 Å². The molecule has 1 fully saturated rings. The molecule has 4 rings (SSSR count). The molecule has 1 saturated heterocycles. The van der Waals surface area contributed by atoms with Gasteiger partial charge in [0.25, 0.3) is 0 Å². The molecule has 1 aliphatic heterocycles. The molecule has 0 aliphatic carbocycles. The minimum Gasteiger partial charge on any atom is -0.457 e. The van der Waals surface area contributed by atoms with Gasteiger partial charge in [-0.05, 0) is 98.5 Å². The van der Waals surface area contributed by atoms with Crippen LogP contribution in [0.1, 0.15) is 42.4 Å². The lowest BCUT2D eigenvalue weighted by atomic mass is 10.0. The summed E-state index contributed by atoms with van der Waals surface area (Å²) in [6.07, 6.45) is 7.23. The Balaban J connectivity index is 1.32. The van der Waals surface area contributed by atoms with Crippen LogP contribution < -0.4 is 9.64 Å². The molecule has 29 heavy (non-hydrogen) atoms. The van der Waals surface area contributed by atoms with Gasteiger partial charge in [-0.3, -0.25) is 0 Å². The van der Waals surface area contributed by atoms with Crippen molar-refractivity contribution in [2.75, 3.05) is 18.0 Å². The SMILES string of the molecule is Cc1cc(CCCc2cc#cc(N3CCCCC3)c2)ccc1Oc1ccccc1. The van der Waals surface area contributed by atoms with E-state index in [1.54, 1.807) is 0 Å². The van der Waals surface area contributed by atoms with Gasteiger partial charge in [-0.2, -0.15) is 0 Å². The zero-order valence-electron chi connectivity index (χ0n) is 17.3. The number of benzene rings is 2. The molecule has 2 nitrogen and oxygen atoms in total. The summed E-state index contributed by atoms with van der Waals surface area (Å²) in [7, 11) is 0. The molecule has 0 saturated carbocycles. The first kappa shape index (κ1) is 19.4. The van der Waals surface area contributed by atoms with Gasteiger partial charge in [0.15, 0.2) is 0 Å². The standard InChI is InChI=1S/C27H29NO/c1-22-20-24(16-17-27(22)29-26-14-4-2-5-15-26)11-8-10-23-12-9-13-25(21-23)28-18-6-3-7-19-28/h2,4-5,12,14-17,20-21H,3,6-8,10-11,18-19H2,1H3. The molecule has 0 amide bonds. The van der Waals surface area contributed by atoms with Crippen molar-refractivity contribution in [1.29, 1.82) is 0 Å². The van der Waals surface area contributed by atoms with E-state index in [9.17, 15) is 0 Å². The molecule has 0 N–H and O–H groups in total. The van der Waals surface area contributed by atoms with E-state index >= 15 is 0 Å². The van der Waals surface area contributed by atoms with Crippen LogP contribution in [0.2, 0.25) is 0 Å². The maximum Gasteiger partial charge on any atom is 0.130 e. The lowest BCUT2D eigenvalue weighted by Crippen LogP contribution is -2.29. The number of nitrogens with zero attached hydrogens (tertiary/aromatic N) is 1. The van der Waals surface area contributed by atoms with Crippen molar-refractivity contribution >= 4 is 5.69 Å². The van der Waals surface area contributed by atoms with Crippen LogP contribution in [0.15, 0.2) is 60.7 Å². The van der Waals surface area contributed by atoms with E-state index < -0.39 is 0 Å². The van der Waals surface area contributed by atoms with E-state index in [1.165, 1.54) is 41.6 Å². The molecule has 3 aromatic rings. The Labute approximate surface area is 175 Å². The second kappa shape index (κ2) is 9.52. The lowest BCUT2D eigenvalue weighted by molar-refractivity contribution is 0.478. The Morgan fingerprint density at radius 3 is 2.48 bits per heavy atom. The van der Waals surface area contributed by atoms with Gasteiger partial charge in [-0.15, -0.1) is 0 Å². The number of hydrogen-bond acceptors (Lipinski definition) is 2. The van der Waals surface area contributed by atoms with E-state index in [4.69, 9.17) is 4.74 Å². The van der Waals surface area contributed by atoms with Gasteiger partial charge < -0.3 is 9.64 Å². The van der Waals surface area contributed by atoms with Gasteiger partial charge in [0.1, 0.15) is 11.5 Å². The first-order valence-corrected chi connectivity index (χ1v) is 10.8. The molecule has 2 heteroatoms. The summed E-state index contributed by atoms with van der Waals surface area (Å²) in [6, 6.07) is 27.4. The fraction of sp³-hybridized carbons (Fsp3) is 0.333. The number of para-hydroxylation sites is 1. The van der Waals surface area contributed by atoms with Crippen molar-refractivity contribution in [3.05, 3.63) is 89.5 Å². The third-order valence-corrected chi connectivity index (χ3v) is 5.62. The summed E-state index contributed by atoms with van der Waals surface area (Å²) < 4.78 is 6.00. The highest BCUT2D eigenvalue weighted by Crippen LogP contribution is 2.26. The Hall–Kier alpha value is -2.92. The van der Waals surface area contributed by atoms with Crippen molar-refractivity contribution in [2.45, 2.75) is 45.4 Å². The maximum atomic E-state index is 6.00. The smallest absolute Gasteiger partial charge is 0.130 e. The van der Waals surface area contributed by atoms with E-state index in [1.807, 2.05) is 30.3 Å². The third-order valence-electron chi connectivity index (χ3n) is 5.62. The average Bonchev–Trinajstić information content (AvgIpc) is 2.77.